The molecule has 0 radical (unpaired) electrons. The molecule has 2 aromatic rings. The number of aryl methyl sites for hydroxylation is 1. The maximum Gasteiger partial charge on any atom is 0.429 e. The van der Waals surface area contributed by atoms with Gasteiger partial charge in [-0.1, -0.05) is 35.9 Å². The first-order valence-corrected chi connectivity index (χ1v) is 8.08. The molecule has 0 spiro atoms. The van der Waals surface area contributed by atoms with Crippen LogP contribution in [0.3, 0.4) is 0 Å². The quantitative estimate of drug-likeness (QED) is 0.814. The molecule has 1 atom stereocenters. The van der Waals surface area contributed by atoms with Gasteiger partial charge in [0.15, 0.2) is 0 Å². The number of carbonyl (C=O) groups excluding carboxylic acids is 1. The number of halogens is 4. The third-order valence-corrected chi connectivity index (χ3v) is 4.54. The Morgan fingerprint density at radius 3 is 2.54 bits per heavy atom. The van der Waals surface area contributed by atoms with Crippen LogP contribution in [-0.4, -0.2) is 18.2 Å². The molecule has 136 valence electrons. The normalized spacial score (nSPS) is 16.5. The number of rotatable bonds is 3. The molecule has 0 N–H and O–H groups in total. The van der Waals surface area contributed by atoms with E-state index in [1.54, 1.807) is 0 Å². The van der Waals surface area contributed by atoms with Crippen molar-refractivity contribution in [3.8, 4) is 5.75 Å². The molecule has 7 heteroatoms. The summed E-state index contributed by atoms with van der Waals surface area (Å²) in [5.74, 6) is -2.00. The number of aliphatic carboxylic acids is 1. The lowest BCUT2D eigenvalue weighted by atomic mass is 9.96. The minimum atomic E-state index is -4.88. The second-order valence-electron chi connectivity index (χ2n) is 6.01. The Bertz CT molecular complexity index is 903. The van der Waals surface area contributed by atoms with E-state index in [1.165, 1.54) is 12.1 Å². The average molecular weight is 382 g/mol. The van der Waals surface area contributed by atoms with Crippen LogP contribution in [0.5, 0.6) is 5.75 Å². The standard InChI is InChI=1S/C19H14ClF3O3/c1-10-4-2-3-5-11(10)6-12-9-16-13(8-15(12)20)7-14(18(24)25)17(26-16)19(21,22)23/h2-5,7-9,17H,6H2,1H3,(H,24,25)/p-1. The SMILES string of the molecule is Cc1ccccc1Cc1cc2c(cc1Cl)C=C(C(=O)[O-])C(C(F)(F)F)O2. The molecule has 1 aliphatic heterocycles. The second-order valence-corrected chi connectivity index (χ2v) is 6.42. The largest absolute Gasteiger partial charge is 0.545 e. The molecule has 0 saturated carbocycles. The molecule has 1 heterocycles. The molecule has 0 bridgehead atoms. The van der Waals surface area contributed by atoms with E-state index in [2.05, 4.69) is 0 Å². The molecule has 0 saturated heterocycles. The van der Waals surface area contributed by atoms with Gasteiger partial charge in [-0.3, -0.25) is 0 Å². The van der Waals surface area contributed by atoms with Crippen LogP contribution in [0.4, 0.5) is 13.2 Å². The van der Waals surface area contributed by atoms with Crippen molar-refractivity contribution in [1.82, 2.24) is 0 Å². The van der Waals surface area contributed by atoms with Gasteiger partial charge in [-0.05, 0) is 48.2 Å². The van der Waals surface area contributed by atoms with Gasteiger partial charge in [0.05, 0.1) is 5.97 Å². The summed E-state index contributed by atoms with van der Waals surface area (Å²) in [6.07, 6.45) is -6.14. The number of hydrogen-bond acceptors (Lipinski definition) is 3. The third kappa shape index (κ3) is 3.55. The van der Waals surface area contributed by atoms with E-state index in [9.17, 15) is 23.1 Å². The van der Waals surface area contributed by atoms with Crippen molar-refractivity contribution in [2.75, 3.05) is 0 Å². The highest BCUT2D eigenvalue weighted by Gasteiger charge is 2.46. The lowest BCUT2D eigenvalue weighted by Crippen LogP contribution is -2.44. The van der Waals surface area contributed by atoms with Crippen molar-refractivity contribution < 1.29 is 27.8 Å². The summed E-state index contributed by atoms with van der Waals surface area (Å²) >= 11 is 6.25. The Hall–Kier alpha value is -2.47. The number of hydrogen-bond donors (Lipinski definition) is 0. The summed E-state index contributed by atoms with van der Waals surface area (Å²) in [6, 6.07) is 10.4. The van der Waals surface area contributed by atoms with E-state index in [0.717, 1.165) is 17.2 Å². The molecular weight excluding hydrogens is 369 g/mol. The molecule has 0 aliphatic carbocycles. The number of benzene rings is 2. The van der Waals surface area contributed by atoms with Gasteiger partial charge >= 0.3 is 6.18 Å². The van der Waals surface area contributed by atoms with E-state index < -0.39 is 23.8 Å². The fraction of sp³-hybridized carbons (Fsp3) is 0.211. The fourth-order valence-corrected chi connectivity index (χ4v) is 3.06. The van der Waals surface area contributed by atoms with Crippen molar-refractivity contribution in [3.05, 3.63) is 69.2 Å². The lowest BCUT2D eigenvalue weighted by Gasteiger charge is -2.29. The first-order valence-electron chi connectivity index (χ1n) is 7.70. The Kier molecular flexibility index (Phi) is 4.71. The van der Waals surface area contributed by atoms with Crippen molar-refractivity contribution in [2.45, 2.75) is 25.6 Å². The predicted molar refractivity (Wildman–Crippen MR) is 88.9 cm³/mol. The average Bonchev–Trinajstić information content (AvgIpc) is 2.55. The highest BCUT2D eigenvalue weighted by Crippen LogP contribution is 2.39. The summed E-state index contributed by atoms with van der Waals surface area (Å²) in [5.41, 5.74) is 1.78. The molecule has 1 unspecified atom stereocenters. The van der Waals surface area contributed by atoms with E-state index >= 15 is 0 Å². The molecule has 3 rings (SSSR count). The summed E-state index contributed by atoms with van der Waals surface area (Å²) in [7, 11) is 0. The molecule has 0 aromatic heterocycles. The van der Waals surface area contributed by atoms with Crippen LogP contribution in [-0.2, 0) is 11.2 Å². The molecule has 26 heavy (non-hydrogen) atoms. The summed E-state index contributed by atoms with van der Waals surface area (Å²) in [6.45, 7) is 1.92. The van der Waals surface area contributed by atoms with Gasteiger partial charge in [0, 0.05) is 16.2 Å². The van der Waals surface area contributed by atoms with Crippen molar-refractivity contribution in [3.63, 3.8) is 0 Å². The zero-order chi connectivity index (χ0) is 19.1. The highest BCUT2D eigenvalue weighted by atomic mass is 35.5. The van der Waals surface area contributed by atoms with Gasteiger partial charge in [0.1, 0.15) is 5.75 Å². The minimum Gasteiger partial charge on any atom is -0.545 e. The second kappa shape index (κ2) is 6.68. The van der Waals surface area contributed by atoms with Crippen molar-refractivity contribution in [2.24, 2.45) is 0 Å². The van der Waals surface area contributed by atoms with E-state index in [-0.39, 0.29) is 11.3 Å². The highest BCUT2D eigenvalue weighted by molar-refractivity contribution is 6.31. The lowest BCUT2D eigenvalue weighted by molar-refractivity contribution is -0.302. The van der Waals surface area contributed by atoms with Crippen LogP contribution in [0.15, 0.2) is 42.0 Å². The van der Waals surface area contributed by atoms with Gasteiger partial charge in [-0.25, -0.2) is 0 Å². The number of alkyl halides is 3. The van der Waals surface area contributed by atoms with Crippen LogP contribution >= 0.6 is 11.6 Å². The number of fused-ring (bicyclic) bond motifs is 1. The monoisotopic (exact) mass is 381 g/mol. The van der Waals surface area contributed by atoms with Gasteiger partial charge < -0.3 is 14.6 Å². The molecule has 0 amide bonds. The van der Waals surface area contributed by atoms with Crippen molar-refractivity contribution in [1.29, 1.82) is 0 Å². The number of carboxylic acid groups (broad SMARTS) is 1. The Morgan fingerprint density at radius 1 is 1.23 bits per heavy atom. The topological polar surface area (TPSA) is 49.4 Å². The zero-order valence-electron chi connectivity index (χ0n) is 13.6. The Labute approximate surface area is 152 Å². The molecular formula is C19H13ClF3O3-. The van der Waals surface area contributed by atoms with Gasteiger partial charge in [-0.15, -0.1) is 0 Å². The molecule has 0 fully saturated rings. The minimum absolute atomic E-state index is 0.0645. The first kappa shape index (κ1) is 18.3. The summed E-state index contributed by atoms with van der Waals surface area (Å²) in [4.78, 5) is 11.1. The van der Waals surface area contributed by atoms with E-state index in [4.69, 9.17) is 16.3 Å². The first-order chi connectivity index (χ1) is 12.2. The third-order valence-electron chi connectivity index (χ3n) is 4.19. The predicted octanol–water partition coefficient (Wildman–Crippen LogP) is 3.70. The smallest absolute Gasteiger partial charge is 0.429 e. The summed E-state index contributed by atoms with van der Waals surface area (Å²) < 4.78 is 44.4. The van der Waals surface area contributed by atoms with E-state index in [1.807, 2.05) is 31.2 Å². The number of carbonyl (C=O) groups is 1. The number of carboxylic acids is 1. The zero-order valence-corrected chi connectivity index (χ0v) is 14.3. The van der Waals surface area contributed by atoms with Crippen LogP contribution in [0.25, 0.3) is 6.08 Å². The van der Waals surface area contributed by atoms with Crippen LogP contribution in [0, 0.1) is 6.92 Å². The number of ether oxygens (including phenoxy) is 1. The van der Waals surface area contributed by atoms with Crippen LogP contribution in [0.1, 0.15) is 22.3 Å². The van der Waals surface area contributed by atoms with Gasteiger partial charge in [0.2, 0.25) is 6.10 Å². The van der Waals surface area contributed by atoms with Gasteiger partial charge in [0.25, 0.3) is 0 Å². The van der Waals surface area contributed by atoms with Crippen molar-refractivity contribution >= 4 is 23.6 Å². The molecule has 2 aromatic carbocycles. The maximum atomic E-state index is 13.1. The van der Waals surface area contributed by atoms with Gasteiger partial charge in [-0.2, -0.15) is 13.2 Å². The Morgan fingerprint density at radius 2 is 1.92 bits per heavy atom. The van der Waals surface area contributed by atoms with E-state index in [0.29, 0.717) is 17.0 Å². The molecule has 1 aliphatic rings. The van der Waals surface area contributed by atoms with Crippen LogP contribution < -0.4 is 9.84 Å². The maximum absolute atomic E-state index is 13.1. The van der Waals surface area contributed by atoms with Crippen LogP contribution in [0.2, 0.25) is 5.02 Å². The molecule has 3 nitrogen and oxygen atoms in total. The fourth-order valence-electron chi connectivity index (χ4n) is 2.82. The Balaban J connectivity index is 2.03. The summed E-state index contributed by atoms with van der Waals surface area (Å²) in [5, 5.41) is 11.4.